The normalized spacial score (nSPS) is 39.4. The molecule has 0 aromatic carbocycles. The van der Waals surface area contributed by atoms with E-state index in [-0.39, 0.29) is 85.8 Å². The summed E-state index contributed by atoms with van der Waals surface area (Å²) in [5.41, 5.74) is -1.15. The second-order valence-electron chi connectivity index (χ2n) is 18.6. The molecular weight excluding hydrogens is 925 g/mol. The Morgan fingerprint density at radius 1 is 0.450 bits per heavy atom. The molecule has 9 rings (SSSR count). The van der Waals surface area contributed by atoms with Gasteiger partial charge in [-0.1, -0.05) is 12.2 Å². The number of aliphatic carboxylic acids is 1. The Morgan fingerprint density at radius 3 is 1.05 bits per heavy atom. The van der Waals surface area contributed by atoms with E-state index in [1.54, 1.807) is 0 Å². The number of hydrogen-bond donors (Lipinski definition) is 1. The number of allylic oxidation sites excluding steroid dienone is 2. The highest BCUT2D eigenvalue weighted by Gasteiger charge is 2.63. The van der Waals surface area contributed by atoms with Crippen LogP contribution in [0.25, 0.3) is 0 Å². The van der Waals surface area contributed by atoms with Gasteiger partial charge in [0.2, 0.25) is 36.7 Å². The van der Waals surface area contributed by atoms with E-state index < -0.39 is 27.3 Å². The SMILES string of the molecule is O=C(Cl)C1C2C=CC(C2)C1C(=O)Cl.O=C(Cl)C1CCC(C(=O)Cl)CC1.O=C(Cl)C1CCC(OC2CCC(C(=O)Cl)CC2)CC1.O=C(O)C12CC3CC(C1)CC(C(=O)Cl)(C3)C2. The molecule has 60 heavy (non-hydrogen) atoms. The lowest BCUT2D eigenvalue weighted by molar-refractivity contribution is -0.175. The zero-order valence-electron chi connectivity index (χ0n) is 33.3. The fourth-order valence-corrected chi connectivity index (χ4v) is 13.5. The maximum absolute atomic E-state index is 11.6. The zero-order chi connectivity index (χ0) is 44.1. The Labute approximate surface area is 386 Å². The Balaban J connectivity index is 0.000000154. The molecule has 17 heteroatoms. The first kappa shape index (κ1) is 49.9. The van der Waals surface area contributed by atoms with E-state index in [1.165, 1.54) is 0 Å². The highest BCUT2D eigenvalue weighted by atomic mass is 35.5. The van der Waals surface area contributed by atoms with Crippen LogP contribution in [-0.4, -0.2) is 60.0 Å². The number of hydrogen-bond acceptors (Lipinski definition) is 9. The molecule has 8 saturated carbocycles. The van der Waals surface area contributed by atoms with Crippen LogP contribution in [0.15, 0.2) is 12.2 Å². The van der Waals surface area contributed by atoms with Crippen LogP contribution >= 0.6 is 81.2 Å². The van der Waals surface area contributed by atoms with Crippen molar-refractivity contribution < 1.29 is 48.2 Å². The summed E-state index contributed by atoms with van der Waals surface area (Å²) in [5, 5.41) is 7.27. The first-order chi connectivity index (χ1) is 28.2. The van der Waals surface area contributed by atoms with Crippen molar-refractivity contribution in [2.45, 2.75) is 134 Å². The van der Waals surface area contributed by atoms with Gasteiger partial charge in [0, 0.05) is 29.1 Å². The summed E-state index contributed by atoms with van der Waals surface area (Å²) < 4.78 is 6.08. The standard InChI is InChI=1S/C14H20Cl2O3.C12H15ClO3.C9H8Cl2O2.C8H10Cl2O2/c15-13(17)9-1-5-11(6-2-9)19-12-7-3-10(4-8-12)14(16)18;13-9(14)11-2-7-1-8(3-11)5-12(4-7,6-11)10(15)16;10-8(12)6-4-1-2-5(3-4)7(6)9(11)13;9-7(11)5-1-2-6(4-3-5)8(10)12/h9-12H,1-8H2;7-8H,1-6H2,(H,15,16);1-2,4-7H,3H2;5-6H,1-4H2. The Kier molecular flexibility index (Phi) is 18.1. The third kappa shape index (κ3) is 12.4. The summed E-state index contributed by atoms with van der Waals surface area (Å²) in [4.78, 5) is 88.8. The van der Waals surface area contributed by atoms with Crippen LogP contribution in [0.1, 0.15) is 122 Å². The van der Waals surface area contributed by atoms with Gasteiger partial charge in [0.15, 0.2) is 0 Å². The highest BCUT2D eigenvalue weighted by Crippen LogP contribution is 2.66. The molecule has 1 N–H and O–H groups in total. The van der Waals surface area contributed by atoms with Gasteiger partial charge in [-0.05, 0) is 227 Å². The molecule has 6 atom stereocenters. The molecule has 0 saturated heterocycles. The molecule has 6 bridgehead atoms. The monoisotopic (exact) mass is 974 g/mol. The molecule has 0 aliphatic heterocycles. The molecule has 334 valence electrons. The minimum Gasteiger partial charge on any atom is -0.481 e. The van der Waals surface area contributed by atoms with Crippen molar-refractivity contribution in [1.29, 1.82) is 0 Å². The average molecular weight is 978 g/mol. The molecule has 10 nitrogen and oxygen atoms in total. The van der Waals surface area contributed by atoms with E-state index >= 15 is 0 Å². The van der Waals surface area contributed by atoms with Gasteiger partial charge in [0.05, 0.1) is 29.5 Å². The van der Waals surface area contributed by atoms with E-state index in [4.69, 9.17) is 85.9 Å². The largest absolute Gasteiger partial charge is 0.481 e. The molecule has 9 aliphatic carbocycles. The van der Waals surface area contributed by atoms with E-state index in [9.17, 15) is 43.5 Å². The molecule has 0 aromatic heterocycles. The molecule has 0 amide bonds. The lowest BCUT2D eigenvalue weighted by Gasteiger charge is -2.59. The molecule has 9 aliphatic rings. The first-order valence-corrected chi connectivity index (χ1v) is 23.8. The van der Waals surface area contributed by atoms with Gasteiger partial charge >= 0.3 is 5.97 Å². The van der Waals surface area contributed by atoms with Crippen molar-refractivity contribution in [2.24, 2.45) is 70.0 Å². The van der Waals surface area contributed by atoms with E-state index in [1.807, 2.05) is 12.2 Å². The Bertz CT molecular complexity index is 1550. The van der Waals surface area contributed by atoms with Crippen LogP contribution in [0, 0.1) is 70.0 Å². The number of ether oxygens (including phenoxy) is 1. The van der Waals surface area contributed by atoms with Crippen LogP contribution in [0.4, 0.5) is 0 Å². The van der Waals surface area contributed by atoms with Crippen LogP contribution in [0.2, 0.25) is 0 Å². The third-order valence-corrected chi connectivity index (χ3v) is 16.8. The lowest BCUT2D eigenvalue weighted by atomic mass is 9.44. The molecule has 0 radical (unpaired) electrons. The summed E-state index contributed by atoms with van der Waals surface area (Å²) in [7, 11) is 0. The fourth-order valence-electron chi connectivity index (χ4n) is 11.9. The number of rotatable bonds is 10. The number of carbonyl (C=O) groups excluding carboxylic acids is 7. The number of carbonyl (C=O) groups is 8. The van der Waals surface area contributed by atoms with Crippen LogP contribution in [0.3, 0.4) is 0 Å². The van der Waals surface area contributed by atoms with Gasteiger partial charge in [0.1, 0.15) is 0 Å². The highest BCUT2D eigenvalue weighted by molar-refractivity contribution is 6.67. The summed E-state index contributed by atoms with van der Waals surface area (Å²) in [6.07, 6.45) is 19.8. The quantitative estimate of drug-likeness (QED) is 0.164. The van der Waals surface area contributed by atoms with Gasteiger partial charge in [-0.3, -0.25) is 38.4 Å². The minimum absolute atomic E-state index is 0.0196. The average Bonchev–Trinajstić information content (AvgIpc) is 3.82. The fraction of sp³-hybridized carbons (Fsp3) is 0.767. The minimum atomic E-state index is -0.719. The summed E-state index contributed by atoms with van der Waals surface area (Å²) in [6.45, 7) is 0. The first-order valence-electron chi connectivity index (χ1n) is 21.2. The number of fused-ring (bicyclic) bond motifs is 2. The predicted molar refractivity (Wildman–Crippen MR) is 229 cm³/mol. The molecule has 0 heterocycles. The van der Waals surface area contributed by atoms with Gasteiger partial charge in [-0.2, -0.15) is 0 Å². The van der Waals surface area contributed by atoms with Crippen LogP contribution in [0.5, 0.6) is 0 Å². The van der Waals surface area contributed by atoms with E-state index in [0.29, 0.717) is 43.9 Å². The molecular formula is C43H53Cl7O10. The van der Waals surface area contributed by atoms with Crippen molar-refractivity contribution >= 4 is 124 Å². The van der Waals surface area contributed by atoms with Crippen molar-refractivity contribution in [3.63, 3.8) is 0 Å². The maximum atomic E-state index is 11.6. The Hall–Kier alpha value is -1.11. The second kappa shape index (κ2) is 21.7. The predicted octanol–water partition coefficient (Wildman–Crippen LogP) is 10.4. The van der Waals surface area contributed by atoms with E-state index in [2.05, 4.69) is 0 Å². The van der Waals surface area contributed by atoms with Crippen molar-refractivity contribution in [3.8, 4) is 0 Å². The third-order valence-electron chi connectivity index (χ3n) is 14.7. The van der Waals surface area contributed by atoms with Gasteiger partial charge in [-0.15, -0.1) is 0 Å². The number of halogens is 7. The Morgan fingerprint density at radius 2 is 0.767 bits per heavy atom. The van der Waals surface area contributed by atoms with Crippen molar-refractivity contribution in [3.05, 3.63) is 12.2 Å². The smallest absolute Gasteiger partial charge is 0.309 e. The van der Waals surface area contributed by atoms with Gasteiger partial charge in [-0.25, -0.2) is 0 Å². The molecule has 0 spiro atoms. The lowest BCUT2D eigenvalue weighted by Crippen LogP contribution is -2.56. The van der Waals surface area contributed by atoms with Crippen LogP contribution < -0.4 is 0 Å². The number of carboxylic acids is 1. The molecule has 6 unspecified atom stereocenters. The maximum Gasteiger partial charge on any atom is 0.309 e. The van der Waals surface area contributed by atoms with Crippen LogP contribution in [-0.2, 0) is 43.1 Å². The van der Waals surface area contributed by atoms with Crippen molar-refractivity contribution in [1.82, 2.24) is 0 Å². The second-order valence-corrected chi connectivity index (χ2v) is 21.1. The van der Waals surface area contributed by atoms with Crippen molar-refractivity contribution in [2.75, 3.05) is 0 Å². The summed E-state index contributed by atoms with van der Waals surface area (Å²) in [5.74, 6) is -0.507. The van der Waals surface area contributed by atoms with Gasteiger partial charge in [0.25, 0.3) is 0 Å². The summed E-state index contributed by atoms with van der Waals surface area (Å²) in [6, 6.07) is 0. The summed E-state index contributed by atoms with van der Waals surface area (Å²) >= 11 is 38.3. The molecule has 8 fully saturated rings. The zero-order valence-corrected chi connectivity index (χ0v) is 38.6. The topological polar surface area (TPSA) is 166 Å². The molecule has 0 aromatic rings. The number of carboxylic acid groups (broad SMARTS) is 1. The van der Waals surface area contributed by atoms with E-state index in [0.717, 1.165) is 89.9 Å². The van der Waals surface area contributed by atoms with Gasteiger partial charge < -0.3 is 9.84 Å².